The zero-order valence-electron chi connectivity index (χ0n) is 12.9. The highest BCUT2D eigenvalue weighted by Crippen LogP contribution is 1.87. The van der Waals surface area contributed by atoms with Crippen LogP contribution in [-0.4, -0.2) is 75.0 Å². The van der Waals surface area contributed by atoms with E-state index in [9.17, 15) is 10.2 Å². The van der Waals surface area contributed by atoms with Gasteiger partial charge in [0.05, 0.1) is 25.4 Å². The summed E-state index contributed by atoms with van der Waals surface area (Å²) in [6.07, 6.45) is 1.01. The number of nitrogens with one attached hydrogen (secondary N) is 2. The van der Waals surface area contributed by atoms with E-state index in [-0.39, 0.29) is 0 Å². The Bertz CT molecular complexity index is 176. The maximum absolute atomic E-state index is 9.58. The van der Waals surface area contributed by atoms with Gasteiger partial charge in [-0.25, -0.2) is 0 Å². The molecule has 20 heavy (non-hydrogen) atoms. The van der Waals surface area contributed by atoms with E-state index in [4.69, 9.17) is 9.47 Å². The van der Waals surface area contributed by atoms with Gasteiger partial charge in [-0.2, -0.15) is 0 Å². The van der Waals surface area contributed by atoms with Crippen LogP contribution < -0.4 is 10.6 Å². The summed E-state index contributed by atoms with van der Waals surface area (Å²) in [6.45, 7) is 8.74. The Morgan fingerprint density at radius 3 is 1.55 bits per heavy atom. The van der Waals surface area contributed by atoms with E-state index in [1.54, 1.807) is 0 Å². The zero-order valence-corrected chi connectivity index (χ0v) is 12.9. The van der Waals surface area contributed by atoms with Crippen molar-refractivity contribution >= 4 is 0 Å². The van der Waals surface area contributed by atoms with Crippen molar-refractivity contribution in [1.82, 2.24) is 10.6 Å². The van der Waals surface area contributed by atoms with Gasteiger partial charge in [0.1, 0.15) is 0 Å². The molecule has 0 aliphatic heterocycles. The summed E-state index contributed by atoms with van der Waals surface area (Å²) >= 11 is 0. The minimum absolute atomic E-state index is 0.377. The first-order valence-corrected chi connectivity index (χ1v) is 7.63. The SMILES string of the molecule is CCCOCC(O)CNCCNCC(O)COCCC. The molecule has 0 fully saturated rings. The van der Waals surface area contributed by atoms with Crippen LogP contribution in [0.1, 0.15) is 26.7 Å². The highest BCUT2D eigenvalue weighted by Gasteiger charge is 2.04. The Kier molecular flexibility index (Phi) is 15.0. The molecule has 122 valence electrons. The second kappa shape index (κ2) is 15.2. The predicted molar refractivity (Wildman–Crippen MR) is 80.0 cm³/mol. The van der Waals surface area contributed by atoms with Gasteiger partial charge in [-0.05, 0) is 12.8 Å². The highest BCUT2D eigenvalue weighted by atomic mass is 16.5. The van der Waals surface area contributed by atoms with Crippen molar-refractivity contribution in [2.75, 3.05) is 52.6 Å². The molecule has 4 N–H and O–H groups in total. The van der Waals surface area contributed by atoms with Crippen molar-refractivity contribution in [3.8, 4) is 0 Å². The molecule has 6 heteroatoms. The van der Waals surface area contributed by atoms with E-state index >= 15 is 0 Å². The van der Waals surface area contributed by atoms with Gasteiger partial charge in [0.25, 0.3) is 0 Å². The van der Waals surface area contributed by atoms with Gasteiger partial charge in [-0.3, -0.25) is 0 Å². The van der Waals surface area contributed by atoms with Crippen LogP contribution in [0.15, 0.2) is 0 Å². The number of hydrogen-bond acceptors (Lipinski definition) is 6. The molecular formula is C14H32N2O4. The third kappa shape index (κ3) is 14.2. The van der Waals surface area contributed by atoms with Crippen molar-refractivity contribution in [1.29, 1.82) is 0 Å². The van der Waals surface area contributed by atoms with E-state index in [0.717, 1.165) is 25.9 Å². The molecule has 0 aromatic carbocycles. The molecule has 0 amide bonds. The maximum Gasteiger partial charge on any atom is 0.0897 e. The fraction of sp³-hybridized carbons (Fsp3) is 1.00. The van der Waals surface area contributed by atoms with Crippen molar-refractivity contribution in [2.45, 2.75) is 38.9 Å². The number of ether oxygens (including phenoxy) is 2. The van der Waals surface area contributed by atoms with Crippen LogP contribution >= 0.6 is 0 Å². The van der Waals surface area contributed by atoms with E-state index in [1.165, 1.54) is 0 Å². The molecular weight excluding hydrogens is 260 g/mol. The summed E-state index contributed by atoms with van der Waals surface area (Å²) in [5.41, 5.74) is 0. The van der Waals surface area contributed by atoms with E-state index in [1.807, 2.05) is 13.8 Å². The molecule has 2 atom stereocenters. The maximum atomic E-state index is 9.58. The molecule has 0 aliphatic carbocycles. The molecule has 6 nitrogen and oxygen atoms in total. The molecule has 0 bridgehead atoms. The smallest absolute Gasteiger partial charge is 0.0897 e. The van der Waals surface area contributed by atoms with Gasteiger partial charge in [-0.1, -0.05) is 13.8 Å². The van der Waals surface area contributed by atoms with Crippen LogP contribution in [-0.2, 0) is 9.47 Å². The standard InChI is InChI=1S/C14H32N2O4/c1-3-7-19-11-13(17)9-15-5-6-16-10-14(18)12-20-8-4-2/h13-18H,3-12H2,1-2H3. The van der Waals surface area contributed by atoms with Crippen LogP contribution in [0.4, 0.5) is 0 Å². The second-order valence-electron chi connectivity index (χ2n) is 4.87. The van der Waals surface area contributed by atoms with E-state index in [2.05, 4.69) is 10.6 Å². The van der Waals surface area contributed by atoms with Gasteiger partial charge in [0.15, 0.2) is 0 Å². The number of rotatable bonds is 15. The van der Waals surface area contributed by atoms with Crippen LogP contribution in [0.3, 0.4) is 0 Å². The number of hydrogen-bond donors (Lipinski definition) is 4. The summed E-state index contributed by atoms with van der Waals surface area (Å²) in [4.78, 5) is 0. The first-order valence-electron chi connectivity index (χ1n) is 7.63. The van der Waals surface area contributed by atoms with E-state index < -0.39 is 12.2 Å². The Labute approximate surface area is 122 Å². The van der Waals surface area contributed by atoms with Gasteiger partial charge in [-0.15, -0.1) is 0 Å². The lowest BCUT2D eigenvalue weighted by Crippen LogP contribution is -2.37. The third-order valence-corrected chi connectivity index (χ3v) is 2.56. The monoisotopic (exact) mass is 292 g/mol. The van der Waals surface area contributed by atoms with Gasteiger partial charge in [0, 0.05) is 39.4 Å². The first kappa shape index (κ1) is 19.8. The molecule has 0 saturated carbocycles. The Morgan fingerprint density at radius 2 is 1.20 bits per heavy atom. The summed E-state index contributed by atoms with van der Waals surface area (Å²) in [6, 6.07) is 0. The second-order valence-corrected chi connectivity index (χ2v) is 4.87. The lowest BCUT2D eigenvalue weighted by Gasteiger charge is -2.14. The average molecular weight is 292 g/mol. The van der Waals surface area contributed by atoms with Crippen molar-refractivity contribution in [3.05, 3.63) is 0 Å². The Hall–Kier alpha value is -0.240. The summed E-state index contributed by atoms with van der Waals surface area (Å²) < 4.78 is 10.5. The van der Waals surface area contributed by atoms with Gasteiger partial charge < -0.3 is 30.3 Å². The fourth-order valence-corrected chi connectivity index (χ4v) is 1.56. The highest BCUT2D eigenvalue weighted by molar-refractivity contribution is 4.62. The van der Waals surface area contributed by atoms with Crippen LogP contribution in [0, 0.1) is 0 Å². The molecule has 0 heterocycles. The molecule has 0 rings (SSSR count). The van der Waals surface area contributed by atoms with E-state index in [0.29, 0.717) is 39.5 Å². The summed E-state index contributed by atoms with van der Waals surface area (Å²) in [7, 11) is 0. The van der Waals surface area contributed by atoms with Crippen LogP contribution in [0.2, 0.25) is 0 Å². The van der Waals surface area contributed by atoms with Crippen molar-refractivity contribution in [2.24, 2.45) is 0 Å². The zero-order chi connectivity index (χ0) is 15.1. The molecule has 0 aromatic heterocycles. The molecule has 0 aromatic rings. The molecule has 0 saturated heterocycles. The molecule has 0 aliphatic rings. The lowest BCUT2D eigenvalue weighted by molar-refractivity contribution is 0.0358. The quantitative estimate of drug-likeness (QED) is 0.311. The molecule has 0 spiro atoms. The topological polar surface area (TPSA) is 83.0 Å². The molecule has 0 radical (unpaired) electrons. The minimum Gasteiger partial charge on any atom is -0.389 e. The fourth-order valence-electron chi connectivity index (χ4n) is 1.56. The van der Waals surface area contributed by atoms with Gasteiger partial charge >= 0.3 is 0 Å². The predicted octanol–water partition coefficient (Wildman–Crippen LogP) is -0.259. The van der Waals surface area contributed by atoms with Crippen molar-refractivity contribution < 1.29 is 19.7 Å². The summed E-state index contributed by atoms with van der Waals surface area (Å²) in [5, 5.41) is 25.4. The van der Waals surface area contributed by atoms with Gasteiger partial charge in [0.2, 0.25) is 0 Å². The first-order chi connectivity index (χ1) is 9.70. The number of aliphatic hydroxyl groups excluding tert-OH is 2. The number of aliphatic hydroxyl groups is 2. The minimum atomic E-state index is -0.463. The van der Waals surface area contributed by atoms with Crippen LogP contribution in [0.25, 0.3) is 0 Å². The average Bonchev–Trinajstić information content (AvgIpc) is 2.43. The summed E-state index contributed by atoms with van der Waals surface area (Å²) in [5.74, 6) is 0. The van der Waals surface area contributed by atoms with Crippen LogP contribution in [0.5, 0.6) is 0 Å². The Morgan fingerprint density at radius 1 is 0.800 bits per heavy atom. The normalized spacial score (nSPS) is 14.4. The Balaban J connectivity index is 3.22. The lowest BCUT2D eigenvalue weighted by atomic mass is 10.3. The molecule has 2 unspecified atom stereocenters. The van der Waals surface area contributed by atoms with Crippen molar-refractivity contribution in [3.63, 3.8) is 0 Å². The third-order valence-electron chi connectivity index (χ3n) is 2.56. The largest absolute Gasteiger partial charge is 0.389 e.